The first kappa shape index (κ1) is 19.9. The van der Waals surface area contributed by atoms with E-state index in [1.807, 2.05) is 11.0 Å². The minimum absolute atomic E-state index is 0.196. The lowest BCUT2D eigenvalue weighted by Gasteiger charge is -2.33. The number of rotatable bonds is 5. The highest BCUT2D eigenvalue weighted by Gasteiger charge is 2.49. The molecule has 0 saturated carbocycles. The van der Waals surface area contributed by atoms with Crippen molar-refractivity contribution in [2.24, 2.45) is 5.92 Å². The Bertz CT molecular complexity index is 839. The molecular formula is C22H29N3O4. The first-order valence-electron chi connectivity index (χ1n) is 10.6. The van der Waals surface area contributed by atoms with E-state index in [2.05, 4.69) is 17.4 Å². The molecule has 1 aromatic carbocycles. The quantitative estimate of drug-likeness (QED) is 0.606. The third-order valence-corrected chi connectivity index (χ3v) is 6.42. The van der Waals surface area contributed by atoms with Crippen LogP contribution in [0.3, 0.4) is 0 Å². The van der Waals surface area contributed by atoms with E-state index in [4.69, 9.17) is 4.74 Å². The Hall–Kier alpha value is -2.41. The largest absolute Gasteiger partial charge is 0.466 e. The van der Waals surface area contributed by atoms with Crippen LogP contribution in [0, 0.1) is 5.92 Å². The molecule has 3 amide bonds. The number of esters is 1. The van der Waals surface area contributed by atoms with E-state index in [0.29, 0.717) is 13.2 Å². The van der Waals surface area contributed by atoms with Crippen molar-refractivity contribution in [1.29, 1.82) is 0 Å². The highest BCUT2D eigenvalue weighted by molar-refractivity contribution is 6.07. The van der Waals surface area contributed by atoms with E-state index >= 15 is 0 Å². The Balaban J connectivity index is 1.47. The smallest absolute Gasteiger partial charge is 0.326 e. The highest BCUT2D eigenvalue weighted by atomic mass is 16.5. The summed E-state index contributed by atoms with van der Waals surface area (Å²) in [6.45, 7) is 5.39. The van der Waals surface area contributed by atoms with Gasteiger partial charge in [-0.15, -0.1) is 0 Å². The molecule has 0 unspecified atom stereocenters. The Kier molecular flexibility index (Phi) is 5.34. The predicted octanol–water partition coefficient (Wildman–Crippen LogP) is 2.17. The number of likely N-dealkylation sites (tertiary alicyclic amines) is 1. The van der Waals surface area contributed by atoms with Gasteiger partial charge in [-0.1, -0.05) is 18.2 Å². The van der Waals surface area contributed by atoms with E-state index in [-0.39, 0.29) is 30.5 Å². The van der Waals surface area contributed by atoms with Crippen molar-refractivity contribution in [3.05, 3.63) is 34.9 Å². The number of nitrogens with one attached hydrogen (secondary N) is 1. The highest BCUT2D eigenvalue weighted by Crippen LogP contribution is 2.33. The van der Waals surface area contributed by atoms with Crippen molar-refractivity contribution in [2.75, 3.05) is 26.4 Å². The van der Waals surface area contributed by atoms with Crippen LogP contribution in [0.4, 0.5) is 4.79 Å². The number of benzene rings is 1. The van der Waals surface area contributed by atoms with Gasteiger partial charge >= 0.3 is 12.0 Å². The van der Waals surface area contributed by atoms with Crippen molar-refractivity contribution in [3.8, 4) is 0 Å². The number of hydrogen-bond donors (Lipinski definition) is 1. The Morgan fingerprint density at radius 1 is 1.24 bits per heavy atom. The summed E-state index contributed by atoms with van der Waals surface area (Å²) >= 11 is 0. The minimum Gasteiger partial charge on any atom is -0.466 e. The predicted molar refractivity (Wildman–Crippen MR) is 107 cm³/mol. The van der Waals surface area contributed by atoms with Gasteiger partial charge in [0.1, 0.15) is 5.54 Å². The van der Waals surface area contributed by atoms with Crippen LogP contribution in [0.5, 0.6) is 0 Å². The SMILES string of the molecule is CCOC(=O)[C@@H]1CCCN(CN2C(=O)N[C@](C)(c3ccc4c(c3)CCC4)C2=O)C1. The number of carbonyl (C=O) groups excluding carboxylic acids is 3. The number of amides is 3. The summed E-state index contributed by atoms with van der Waals surface area (Å²) in [7, 11) is 0. The zero-order valence-corrected chi connectivity index (χ0v) is 17.2. The summed E-state index contributed by atoms with van der Waals surface area (Å²) in [5, 5.41) is 2.90. The number of imide groups is 1. The Morgan fingerprint density at radius 3 is 2.83 bits per heavy atom. The van der Waals surface area contributed by atoms with Crippen LogP contribution in [-0.4, -0.2) is 54.1 Å². The normalized spacial score (nSPS) is 27.1. The molecule has 3 aliphatic rings. The van der Waals surface area contributed by atoms with Crippen molar-refractivity contribution in [2.45, 2.75) is 51.5 Å². The number of piperidine rings is 1. The zero-order valence-electron chi connectivity index (χ0n) is 17.2. The van der Waals surface area contributed by atoms with Crippen molar-refractivity contribution in [3.63, 3.8) is 0 Å². The molecule has 2 atom stereocenters. The van der Waals surface area contributed by atoms with Crippen molar-refractivity contribution >= 4 is 17.9 Å². The fraction of sp³-hybridized carbons (Fsp3) is 0.591. The first-order valence-corrected chi connectivity index (χ1v) is 10.6. The average Bonchev–Trinajstić information content (AvgIpc) is 3.27. The summed E-state index contributed by atoms with van der Waals surface area (Å²) in [4.78, 5) is 41.3. The van der Waals surface area contributed by atoms with Gasteiger partial charge in [0, 0.05) is 6.54 Å². The maximum Gasteiger partial charge on any atom is 0.326 e. The first-order chi connectivity index (χ1) is 13.9. The molecular weight excluding hydrogens is 370 g/mol. The van der Waals surface area contributed by atoms with Gasteiger partial charge < -0.3 is 10.1 Å². The second-order valence-corrected chi connectivity index (χ2v) is 8.44. The van der Waals surface area contributed by atoms with E-state index in [9.17, 15) is 14.4 Å². The van der Waals surface area contributed by atoms with Crippen LogP contribution in [0.2, 0.25) is 0 Å². The van der Waals surface area contributed by atoms with E-state index in [0.717, 1.165) is 44.2 Å². The van der Waals surface area contributed by atoms with Crippen LogP contribution in [0.25, 0.3) is 0 Å². The molecule has 2 fully saturated rings. The van der Waals surface area contributed by atoms with Crippen LogP contribution in [0.15, 0.2) is 18.2 Å². The van der Waals surface area contributed by atoms with Gasteiger partial charge in [0.05, 0.1) is 19.2 Å². The fourth-order valence-electron chi connectivity index (χ4n) is 4.74. The molecule has 0 bridgehead atoms. The van der Waals surface area contributed by atoms with E-state index < -0.39 is 5.54 Å². The molecule has 2 aliphatic heterocycles. The summed E-state index contributed by atoms with van der Waals surface area (Å²) in [6.07, 6.45) is 4.86. The Labute approximate surface area is 171 Å². The van der Waals surface area contributed by atoms with Gasteiger partial charge in [0.2, 0.25) is 0 Å². The lowest BCUT2D eigenvalue weighted by atomic mass is 9.90. The summed E-state index contributed by atoms with van der Waals surface area (Å²) in [5.74, 6) is -0.636. The van der Waals surface area contributed by atoms with Crippen LogP contribution in [-0.2, 0) is 32.7 Å². The summed E-state index contributed by atoms with van der Waals surface area (Å²) in [6, 6.07) is 5.74. The number of aryl methyl sites for hydroxylation is 2. The third kappa shape index (κ3) is 3.64. The minimum atomic E-state index is -1.05. The second kappa shape index (κ2) is 7.78. The fourth-order valence-corrected chi connectivity index (χ4v) is 4.74. The maximum absolute atomic E-state index is 13.3. The second-order valence-electron chi connectivity index (χ2n) is 8.44. The molecule has 0 aromatic heterocycles. The average molecular weight is 399 g/mol. The van der Waals surface area contributed by atoms with Gasteiger partial charge in [-0.05, 0) is 69.2 Å². The zero-order chi connectivity index (χ0) is 20.6. The molecule has 2 saturated heterocycles. The topological polar surface area (TPSA) is 79.0 Å². The molecule has 7 nitrogen and oxygen atoms in total. The molecule has 2 heterocycles. The lowest BCUT2D eigenvalue weighted by molar-refractivity contribution is -0.150. The molecule has 0 spiro atoms. The van der Waals surface area contributed by atoms with Gasteiger partial charge in [-0.3, -0.25) is 14.5 Å². The van der Waals surface area contributed by atoms with Crippen molar-refractivity contribution < 1.29 is 19.1 Å². The van der Waals surface area contributed by atoms with Crippen molar-refractivity contribution in [1.82, 2.24) is 15.1 Å². The molecule has 1 aromatic rings. The number of ether oxygens (including phenoxy) is 1. The third-order valence-electron chi connectivity index (χ3n) is 6.42. The van der Waals surface area contributed by atoms with Crippen LogP contribution in [0.1, 0.15) is 49.8 Å². The maximum atomic E-state index is 13.3. The molecule has 156 valence electrons. The molecule has 0 radical (unpaired) electrons. The number of carbonyl (C=O) groups is 3. The van der Waals surface area contributed by atoms with Gasteiger partial charge in [-0.25, -0.2) is 9.69 Å². The molecule has 29 heavy (non-hydrogen) atoms. The lowest BCUT2D eigenvalue weighted by Crippen LogP contribution is -2.48. The van der Waals surface area contributed by atoms with Gasteiger partial charge in [0.15, 0.2) is 0 Å². The standard InChI is InChI=1S/C22H29N3O4/c1-3-29-19(26)17-8-5-11-24(13-17)14-25-20(27)22(2,23-21(25)28)18-10-9-15-6-4-7-16(15)12-18/h9-10,12,17H,3-8,11,13-14H2,1-2H3,(H,23,28)/t17-,22-/m1/s1. The number of hydrogen-bond acceptors (Lipinski definition) is 5. The number of urea groups is 1. The number of fused-ring (bicyclic) bond motifs is 1. The molecule has 4 rings (SSSR count). The van der Waals surface area contributed by atoms with Crippen LogP contribution >= 0.6 is 0 Å². The molecule has 1 aliphatic carbocycles. The van der Waals surface area contributed by atoms with Gasteiger partial charge in [-0.2, -0.15) is 0 Å². The van der Waals surface area contributed by atoms with E-state index in [1.54, 1.807) is 13.8 Å². The number of nitrogens with zero attached hydrogens (tertiary/aromatic N) is 2. The van der Waals surface area contributed by atoms with E-state index in [1.165, 1.54) is 16.0 Å². The monoisotopic (exact) mass is 399 g/mol. The summed E-state index contributed by atoms with van der Waals surface area (Å²) < 4.78 is 5.14. The Morgan fingerprint density at radius 2 is 2.03 bits per heavy atom. The summed E-state index contributed by atoms with van der Waals surface area (Å²) in [5.41, 5.74) is 2.40. The molecule has 1 N–H and O–H groups in total. The van der Waals surface area contributed by atoms with Crippen LogP contribution < -0.4 is 5.32 Å². The van der Waals surface area contributed by atoms with Gasteiger partial charge in [0.25, 0.3) is 5.91 Å². The molecule has 7 heteroatoms.